The summed E-state index contributed by atoms with van der Waals surface area (Å²) in [7, 11) is 0. The quantitative estimate of drug-likeness (QED) is 0.570. The number of benzene rings is 1. The van der Waals surface area contributed by atoms with Crippen LogP contribution in [0.15, 0.2) is 34.2 Å². The van der Waals surface area contributed by atoms with Crippen molar-refractivity contribution in [3.8, 4) is 0 Å². The number of carbonyl (C=O) groups is 2. The third-order valence-electron chi connectivity index (χ3n) is 3.00. The molecule has 8 nitrogen and oxygen atoms in total. The van der Waals surface area contributed by atoms with Crippen LogP contribution >= 0.6 is 11.8 Å². The summed E-state index contributed by atoms with van der Waals surface area (Å²) in [5, 5.41) is 10.4. The summed E-state index contributed by atoms with van der Waals surface area (Å²) in [5.41, 5.74) is 0.782. The van der Waals surface area contributed by atoms with Gasteiger partial charge < -0.3 is 10.1 Å². The maximum Gasteiger partial charge on any atom is 0.338 e. The molecular formula is C16H18N4O4S. The molecule has 132 valence electrons. The molecule has 0 bridgehead atoms. The molecule has 1 amide bonds. The molecule has 2 rings (SSSR count). The summed E-state index contributed by atoms with van der Waals surface area (Å²) in [6.07, 6.45) is 0.739. The van der Waals surface area contributed by atoms with Gasteiger partial charge in [-0.3, -0.25) is 14.6 Å². The van der Waals surface area contributed by atoms with Crippen molar-refractivity contribution in [3.05, 3.63) is 45.9 Å². The number of nitrogens with one attached hydrogen (secondary N) is 2. The van der Waals surface area contributed by atoms with Gasteiger partial charge in [-0.2, -0.15) is 0 Å². The first-order chi connectivity index (χ1) is 12.0. The first-order valence-electron chi connectivity index (χ1n) is 7.63. The molecule has 2 N–H and O–H groups in total. The number of aryl methyl sites for hydroxylation is 1. The van der Waals surface area contributed by atoms with E-state index in [4.69, 9.17) is 4.74 Å². The Labute approximate surface area is 148 Å². The first kappa shape index (κ1) is 18.7. The van der Waals surface area contributed by atoms with Crippen LogP contribution in [0, 0.1) is 6.92 Å². The van der Waals surface area contributed by atoms with Crippen LogP contribution in [-0.2, 0) is 9.53 Å². The van der Waals surface area contributed by atoms with E-state index in [2.05, 4.69) is 20.5 Å². The van der Waals surface area contributed by atoms with Gasteiger partial charge in [-0.25, -0.2) is 4.79 Å². The molecule has 0 aliphatic carbocycles. The summed E-state index contributed by atoms with van der Waals surface area (Å²) < 4.78 is 5.06. The summed E-state index contributed by atoms with van der Waals surface area (Å²) in [6, 6.07) is 6.50. The minimum Gasteiger partial charge on any atom is -0.462 e. The smallest absolute Gasteiger partial charge is 0.338 e. The number of aromatic nitrogens is 3. The first-order valence-corrected chi connectivity index (χ1v) is 8.61. The van der Waals surface area contributed by atoms with E-state index in [1.165, 1.54) is 0 Å². The van der Waals surface area contributed by atoms with Crippen LogP contribution in [0.25, 0.3) is 0 Å². The molecule has 0 unspecified atom stereocenters. The molecular weight excluding hydrogens is 344 g/mol. The molecule has 0 atom stereocenters. The SMILES string of the molecule is CCCOC(=O)c1cccc(NC(=O)CSc2nnc(C)c(=O)[nH]2)c1. The third-order valence-corrected chi connectivity index (χ3v) is 3.86. The Morgan fingerprint density at radius 3 is 2.84 bits per heavy atom. The lowest BCUT2D eigenvalue weighted by Gasteiger charge is -2.07. The van der Waals surface area contributed by atoms with Crippen molar-refractivity contribution in [2.75, 3.05) is 17.7 Å². The number of hydrogen-bond acceptors (Lipinski definition) is 7. The van der Waals surface area contributed by atoms with Crippen molar-refractivity contribution in [1.82, 2.24) is 15.2 Å². The Kier molecular flexibility index (Phi) is 6.70. The minimum atomic E-state index is -0.431. The average molecular weight is 362 g/mol. The van der Waals surface area contributed by atoms with Crippen molar-refractivity contribution in [3.63, 3.8) is 0 Å². The Hall–Kier alpha value is -2.68. The van der Waals surface area contributed by atoms with Crippen LogP contribution in [0.5, 0.6) is 0 Å². The number of H-pyrrole nitrogens is 1. The molecule has 9 heteroatoms. The fourth-order valence-corrected chi connectivity index (χ4v) is 2.38. The van der Waals surface area contributed by atoms with Gasteiger partial charge in [0.2, 0.25) is 5.91 Å². The van der Waals surface area contributed by atoms with Gasteiger partial charge in [-0.1, -0.05) is 24.8 Å². The van der Waals surface area contributed by atoms with Gasteiger partial charge in [-0.05, 0) is 31.5 Å². The second-order valence-electron chi connectivity index (χ2n) is 5.10. The fourth-order valence-electron chi connectivity index (χ4n) is 1.78. The van der Waals surface area contributed by atoms with Crippen molar-refractivity contribution in [1.29, 1.82) is 0 Å². The molecule has 1 aromatic heterocycles. The van der Waals surface area contributed by atoms with E-state index in [0.717, 1.165) is 18.2 Å². The number of nitrogens with zero attached hydrogens (tertiary/aromatic N) is 2. The summed E-state index contributed by atoms with van der Waals surface area (Å²) >= 11 is 1.06. The topological polar surface area (TPSA) is 114 Å². The van der Waals surface area contributed by atoms with Crippen LogP contribution in [0.1, 0.15) is 29.4 Å². The number of thioether (sulfide) groups is 1. The second kappa shape index (κ2) is 8.97. The molecule has 0 fully saturated rings. The Balaban J connectivity index is 1.92. The number of esters is 1. The molecule has 2 aromatic rings. The van der Waals surface area contributed by atoms with Crippen molar-refractivity contribution >= 4 is 29.3 Å². The molecule has 25 heavy (non-hydrogen) atoms. The molecule has 1 heterocycles. The van der Waals surface area contributed by atoms with E-state index < -0.39 is 5.97 Å². The maximum atomic E-state index is 12.0. The number of anilines is 1. The van der Waals surface area contributed by atoms with Crippen molar-refractivity contribution in [2.45, 2.75) is 25.4 Å². The normalized spacial score (nSPS) is 10.3. The lowest BCUT2D eigenvalue weighted by molar-refractivity contribution is -0.113. The standard InChI is InChI=1S/C16H18N4O4S/c1-3-7-24-15(23)11-5-4-6-12(8-11)17-13(21)9-25-16-18-14(22)10(2)19-20-16/h4-6,8H,3,7,9H2,1-2H3,(H,17,21)(H,18,20,22). The lowest BCUT2D eigenvalue weighted by Crippen LogP contribution is -2.17. The van der Waals surface area contributed by atoms with Gasteiger partial charge in [-0.15, -0.1) is 10.2 Å². The summed E-state index contributed by atoms with van der Waals surface area (Å²) in [6.45, 7) is 3.81. The predicted octanol–water partition coefficient (Wildman–Crippen LogP) is 1.77. The monoisotopic (exact) mass is 362 g/mol. The van der Waals surface area contributed by atoms with Crippen LogP contribution in [0.3, 0.4) is 0 Å². The van der Waals surface area contributed by atoms with Crippen LogP contribution < -0.4 is 10.9 Å². The number of amides is 1. The molecule has 0 saturated carbocycles. The van der Waals surface area contributed by atoms with E-state index in [1.807, 2.05) is 6.92 Å². The van der Waals surface area contributed by atoms with Gasteiger partial charge in [0.25, 0.3) is 5.56 Å². The highest BCUT2D eigenvalue weighted by molar-refractivity contribution is 7.99. The number of ether oxygens (including phenoxy) is 1. The van der Waals surface area contributed by atoms with E-state index in [1.54, 1.807) is 31.2 Å². The fraction of sp³-hybridized carbons (Fsp3) is 0.312. The Morgan fingerprint density at radius 2 is 2.12 bits per heavy atom. The zero-order chi connectivity index (χ0) is 18.2. The lowest BCUT2D eigenvalue weighted by atomic mass is 10.2. The van der Waals surface area contributed by atoms with E-state index >= 15 is 0 Å². The number of rotatable bonds is 7. The van der Waals surface area contributed by atoms with Crippen LogP contribution in [-0.4, -0.2) is 39.4 Å². The maximum absolute atomic E-state index is 12.0. The highest BCUT2D eigenvalue weighted by Crippen LogP contribution is 2.14. The highest BCUT2D eigenvalue weighted by atomic mass is 32.2. The van der Waals surface area contributed by atoms with Gasteiger partial charge in [0.1, 0.15) is 5.69 Å². The average Bonchev–Trinajstić information content (AvgIpc) is 2.61. The van der Waals surface area contributed by atoms with Crippen LogP contribution in [0.2, 0.25) is 0 Å². The number of carbonyl (C=O) groups excluding carboxylic acids is 2. The van der Waals surface area contributed by atoms with Crippen LogP contribution in [0.4, 0.5) is 5.69 Å². The van der Waals surface area contributed by atoms with E-state index in [0.29, 0.717) is 17.9 Å². The molecule has 1 aromatic carbocycles. The largest absolute Gasteiger partial charge is 0.462 e. The third kappa shape index (κ3) is 5.71. The molecule has 0 saturated heterocycles. The molecule has 0 aliphatic heterocycles. The summed E-state index contributed by atoms with van der Waals surface area (Å²) in [5.74, 6) is -0.690. The van der Waals surface area contributed by atoms with E-state index in [9.17, 15) is 14.4 Å². The molecule has 0 radical (unpaired) electrons. The zero-order valence-corrected chi connectivity index (χ0v) is 14.7. The summed E-state index contributed by atoms with van der Waals surface area (Å²) in [4.78, 5) is 37.8. The molecule has 0 spiro atoms. The molecule has 0 aliphatic rings. The second-order valence-corrected chi connectivity index (χ2v) is 6.06. The predicted molar refractivity (Wildman–Crippen MR) is 93.8 cm³/mol. The van der Waals surface area contributed by atoms with Crippen molar-refractivity contribution < 1.29 is 14.3 Å². The van der Waals surface area contributed by atoms with Gasteiger partial charge in [0.05, 0.1) is 17.9 Å². The zero-order valence-electron chi connectivity index (χ0n) is 13.9. The van der Waals surface area contributed by atoms with E-state index in [-0.39, 0.29) is 28.1 Å². The Morgan fingerprint density at radius 1 is 1.32 bits per heavy atom. The minimum absolute atomic E-state index is 0.0399. The number of aromatic amines is 1. The highest BCUT2D eigenvalue weighted by Gasteiger charge is 2.10. The van der Waals surface area contributed by atoms with Crippen molar-refractivity contribution in [2.24, 2.45) is 0 Å². The van der Waals surface area contributed by atoms with Gasteiger partial charge >= 0.3 is 5.97 Å². The Bertz CT molecular complexity index is 822. The van der Waals surface area contributed by atoms with Gasteiger partial charge in [0.15, 0.2) is 5.16 Å². The van der Waals surface area contributed by atoms with Gasteiger partial charge in [0, 0.05) is 5.69 Å². The number of hydrogen-bond donors (Lipinski definition) is 2.